The fourth-order valence-corrected chi connectivity index (χ4v) is 2.95. The summed E-state index contributed by atoms with van der Waals surface area (Å²) in [7, 11) is 0. The van der Waals surface area contributed by atoms with Gasteiger partial charge in [-0.2, -0.15) is 0 Å². The Labute approximate surface area is 87.1 Å². The van der Waals surface area contributed by atoms with E-state index in [0.29, 0.717) is 10.3 Å². The second-order valence-electron chi connectivity index (χ2n) is 3.20. The van der Waals surface area contributed by atoms with Crippen molar-refractivity contribution in [2.75, 3.05) is 0 Å². The maximum absolute atomic E-state index is 5.96. The summed E-state index contributed by atoms with van der Waals surface area (Å²) in [4.78, 5) is 8.02. The molecule has 1 aliphatic carbocycles. The molecule has 0 N–H and O–H groups in total. The van der Waals surface area contributed by atoms with Gasteiger partial charge in [-0.05, 0) is 12.8 Å². The molecule has 0 aromatic carbocycles. The van der Waals surface area contributed by atoms with Crippen molar-refractivity contribution in [3.63, 3.8) is 0 Å². The molecular weight excluding hydrogens is 204 g/mol. The summed E-state index contributed by atoms with van der Waals surface area (Å²) in [5.41, 5.74) is 0. The summed E-state index contributed by atoms with van der Waals surface area (Å²) in [5, 5.41) is 2.33. The van der Waals surface area contributed by atoms with Crippen molar-refractivity contribution >= 4 is 23.4 Å². The van der Waals surface area contributed by atoms with E-state index in [2.05, 4.69) is 9.97 Å². The Bertz CT molecular complexity index is 287. The third kappa shape index (κ3) is 2.35. The van der Waals surface area contributed by atoms with Gasteiger partial charge in [0.15, 0.2) is 0 Å². The summed E-state index contributed by atoms with van der Waals surface area (Å²) >= 11 is 7.75. The number of halogens is 1. The van der Waals surface area contributed by atoms with Crippen LogP contribution in [-0.2, 0) is 0 Å². The zero-order valence-corrected chi connectivity index (χ0v) is 8.81. The van der Waals surface area contributed by atoms with Crippen molar-refractivity contribution in [2.24, 2.45) is 0 Å². The second kappa shape index (κ2) is 4.29. The summed E-state index contributed by atoms with van der Waals surface area (Å²) in [6.07, 6.45) is 8.51. The first-order valence-corrected chi connectivity index (χ1v) is 5.74. The van der Waals surface area contributed by atoms with Gasteiger partial charge in [0, 0.05) is 5.25 Å². The average molecular weight is 215 g/mol. The lowest BCUT2D eigenvalue weighted by Gasteiger charge is -2.07. The number of nitrogens with zero attached hydrogens (tertiary/aromatic N) is 2. The number of rotatable bonds is 2. The Morgan fingerprint density at radius 2 is 2.15 bits per heavy atom. The molecule has 1 aliphatic rings. The van der Waals surface area contributed by atoms with E-state index in [1.807, 2.05) is 0 Å². The number of hydrogen-bond acceptors (Lipinski definition) is 3. The number of thioether (sulfide) groups is 1. The Hall–Kier alpha value is -0.280. The number of aromatic nitrogens is 2. The van der Waals surface area contributed by atoms with Gasteiger partial charge in [-0.3, -0.25) is 0 Å². The molecule has 1 fully saturated rings. The molecule has 0 radical (unpaired) electrons. The minimum Gasteiger partial charge on any atom is -0.243 e. The molecule has 1 aromatic heterocycles. The Morgan fingerprint density at radius 3 is 2.85 bits per heavy atom. The van der Waals surface area contributed by atoms with Gasteiger partial charge in [0.2, 0.25) is 0 Å². The van der Waals surface area contributed by atoms with Gasteiger partial charge < -0.3 is 0 Å². The smallest absolute Gasteiger partial charge is 0.118 e. The summed E-state index contributed by atoms with van der Waals surface area (Å²) in [5.74, 6) is 0. The molecule has 13 heavy (non-hydrogen) atoms. The van der Waals surface area contributed by atoms with Crippen molar-refractivity contribution in [3.8, 4) is 0 Å². The maximum atomic E-state index is 5.96. The fourth-order valence-electron chi connectivity index (χ4n) is 1.55. The lowest BCUT2D eigenvalue weighted by molar-refractivity contribution is 0.886. The van der Waals surface area contributed by atoms with E-state index in [4.69, 9.17) is 11.6 Å². The van der Waals surface area contributed by atoms with Gasteiger partial charge in [0.25, 0.3) is 0 Å². The van der Waals surface area contributed by atoms with Crippen molar-refractivity contribution in [2.45, 2.75) is 36.0 Å². The molecule has 1 heterocycles. The predicted molar refractivity (Wildman–Crippen MR) is 55.2 cm³/mol. The fraction of sp³-hybridized carbons (Fsp3) is 0.556. The monoisotopic (exact) mass is 214 g/mol. The van der Waals surface area contributed by atoms with Crippen molar-refractivity contribution in [3.05, 3.63) is 17.5 Å². The quantitative estimate of drug-likeness (QED) is 0.708. The van der Waals surface area contributed by atoms with Crippen molar-refractivity contribution < 1.29 is 0 Å². The minimum absolute atomic E-state index is 0.680. The second-order valence-corrected chi connectivity index (χ2v) is 4.90. The van der Waals surface area contributed by atoms with E-state index in [0.717, 1.165) is 5.03 Å². The van der Waals surface area contributed by atoms with E-state index in [-0.39, 0.29) is 0 Å². The summed E-state index contributed by atoms with van der Waals surface area (Å²) < 4.78 is 0. The molecule has 0 aliphatic heterocycles. The normalized spacial score (nSPS) is 17.9. The van der Waals surface area contributed by atoms with Crippen LogP contribution in [0, 0.1) is 0 Å². The molecule has 4 heteroatoms. The zero-order chi connectivity index (χ0) is 9.10. The molecule has 1 saturated carbocycles. The molecule has 0 saturated heterocycles. The molecule has 0 unspecified atom stereocenters. The van der Waals surface area contributed by atoms with E-state index in [1.54, 1.807) is 24.3 Å². The molecular formula is C9H11ClN2S. The molecule has 0 atom stereocenters. The van der Waals surface area contributed by atoms with Gasteiger partial charge in [-0.25, -0.2) is 9.97 Å². The van der Waals surface area contributed by atoms with Gasteiger partial charge in [0.1, 0.15) is 11.4 Å². The highest BCUT2D eigenvalue weighted by Gasteiger charge is 2.17. The Kier molecular flexibility index (Phi) is 3.06. The van der Waals surface area contributed by atoms with Crippen LogP contribution < -0.4 is 0 Å². The van der Waals surface area contributed by atoms with Crippen LogP contribution in [0.4, 0.5) is 0 Å². The zero-order valence-electron chi connectivity index (χ0n) is 7.24. The predicted octanol–water partition coefficient (Wildman–Crippen LogP) is 3.16. The van der Waals surface area contributed by atoms with Gasteiger partial charge >= 0.3 is 0 Å². The first-order valence-electron chi connectivity index (χ1n) is 4.48. The van der Waals surface area contributed by atoms with E-state index in [1.165, 1.54) is 25.7 Å². The van der Waals surface area contributed by atoms with Crippen LogP contribution >= 0.6 is 23.4 Å². The van der Waals surface area contributed by atoms with E-state index in [9.17, 15) is 0 Å². The molecule has 0 bridgehead atoms. The van der Waals surface area contributed by atoms with Gasteiger partial charge in [0.05, 0.1) is 11.2 Å². The standard InChI is InChI=1S/C9H11ClN2S/c10-8-5-11-6-12-9(8)13-7-3-1-2-4-7/h5-7H,1-4H2. The van der Waals surface area contributed by atoms with E-state index < -0.39 is 0 Å². The lowest BCUT2D eigenvalue weighted by Crippen LogP contribution is -1.95. The van der Waals surface area contributed by atoms with Crippen LogP contribution in [0.25, 0.3) is 0 Å². The van der Waals surface area contributed by atoms with Crippen molar-refractivity contribution in [1.29, 1.82) is 0 Å². The average Bonchev–Trinajstić information content (AvgIpc) is 2.61. The first kappa shape index (κ1) is 9.28. The minimum atomic E-state index is 0.680. The highest BCUT2D eigenvalue weighted by Crippen LogP contribution is 2.36. The van der Waals surface area contributed by atoms with Crippen LogP contribution in [-0.4, -0.2) is 15.2 Å². The third-order valence-corrected chi connectivity index (χ3v) is 3.96. The SMILES string of the molecule is Clc1cncnc1SC1CCCC1. The van der Waals surface area contributed by atoms with Gasteiger partial charge in [-0.1, -0.05) is 24.4 Å². The lowest BCUT2D eigenvalue weighted by atomic mass is 10.4. The van der Waals surface area contributed by atoms with Crippen LogP contribution in [0.3, 0.4) is 0 Å². The van der Waals surface area contributed by atoms with Crippen LogP contribution in [0.1, 0.15) is 25.7 Å². The molecule has 1 aromatic rings. The third-order valence-electron chi connectivity index (χ3n) is 2.21. The summed E-state index contributed by atoms with van der Waals surface area (Å²) in [6, 6.07) is 0. The van der Waals surface area contributed by atoms with Crippen LogP contribution in [0.5, 0.6) is 0 Å². The van der Waals surface area contributed by atoms with E-state index >= 15 is 0 Å². The Balaban J connectivity index is 2.04. The molecule has 2 nitrogen and oxygen atoms in total. The van der Waals surface area contributed by atoms with Gasteiger partial charge in [-0.15, -0.1) is 11.8 Å². The highest BCUT2D eigenvalue weighted by molar-refractivity contribution is 8.00. The molecule has 0 spiro atoms. The topological polar surface area (TPSA) is 25.8 Å². The van der Waals surface area contributed by atoms with Crippen LogP contribution in [0.15, 0.2) is 17.6 Å². The maximum Gasteiger partial charge on any atom is 0.118 e. The number of hydrogen-bond donors (Lipinski definition) is 0. The molecule has 70 valence electrons. The first-order chi connectivity index (χ1) is 6.36. The molecule has 2 rings (SSSR count). The van der Waals surface area contributed by atoms with Crippen molar-refractivity contribution in [1.82, 2.24) is 9.97 Å². The molecule has 0 amide bonds. The summed E-state index contributed by atoms with van der Waals surface area (Å²) in [6.45, 7) is 0. The largest absolute Gasteiger partial charge is 0.243 e. The van der Waals surface area contributed by atoms with Crippen LogP contribution in [0.2, 0.25) is 5.02 Å². The Morgan fingerprint density at radius 1 is 1.38 bits per heavy atom. The highest BCUT2D eigenvalue weighted by atomic mass is 35.5.